The van der Waals surface area contributed by atoms with E-state index >= 15 is 4.39 Å². The van der Waals surface area contributed by atoms with Crippen molar-refractivity contribution in [2.75, 3.05) is 18.0 Å². The van der Waals surface area contributed by atoms with E-state index < -0.39 is 47.6 Å². The lowest BCUT2D eigenvalue weighted by molar-refractivity contribution is -0.300. The Balaban J connectivity index is 1.32. The van der Waals surface area contributed by atoms with Crippen molar-refractivity contribution in [3.8, 4) is 5.69 Å². The van der Waals surface area contributed by atoms with Gasteiger partial charge >= 0.3 is 5.92 Å². The first-order chi connectivity index (χ1) is 19.3. The van der Waals surface area contributed by atoms with E-state index in [4.69, 9.17) is 0 Å². The van der Waals surface area contributed by atoms with Gasteiger partial charge < -0.3 is 20.4 Å². The molecule has 1 saturated heterocycles. The molecule has 3 N–H and O–H groups in total. The van der Waals surface area contributed by atoms with Crippen LogP contribution in [0.5, 0.6) is 0 Å². The second-order valence-electron chi connectivity index (χ2n) is 12.3. The lowest BCUT2D eigenvalue weighted by Crippen LogP contribution is -2.60. The molecule has 2 atom stereocenters. The highest BCUT2D eigenvalue weighted by molar-refractivity contribution is 5.98. The molecule has 1 aliphatic heterocycles. The van der Waals surface area contributed by atoms with Gasteiger partial charge in [0.1, 0.15) is 23.0 Å². The van der Waals surface area contributed by atoms with E-state index in [2.05, 4.69) is 10.3 Å². The van der Waals surface area contributed by atoms with Gasteiger partial charge in [0.05, 0.1) is 17.6 Å². The first kappa shape index (κ1) is 26.4. The van der Waals surface area contributed by atoms with Gasteiger partial charge in [-0.15, -0.1) is 0 Å². The fourth-order valence-electron chi connectivity index (χ4n) is 7.78. The third kappa shape index (κ3) is 4.13. The van der Waals surface area contributed by atoms with Gasteiger partial charge in [-0.25, -0.2) is 13.8 Å². The van der Waals surface area contributed by atoms with Crippen molar-refractivity contribution in [2.24, 2.45) is 17.8 Å². The van der Waals surface area contributed by atoms with E-state index in [0.29, 0.717) is 23.8 Å². The summed E-state index contributed by atoms with van der Waals surface area (Å²) in [6.07, 6.45) is 5.42. The van der Waals surface area contributed by atoms with Gasteiger partial charge in [0.25, 0.3) is 5.91 Å². The number of aliphatic hydroxyl groups is 2. The number of nitrogens with one attached hydrogen (secondary N) is 1. The number of benzene rings is 1. The normalized spacial score (nSPS) is 29.3. The highest BCUT2D eigenvalue weighted by atomic mass is 19.3. The highest BCUT2D eigenvalue weighted by Gasteiger charge is 2.57. The van der Waals surface area contributed by atoms with Crippen LogP contribution < -0.4 is 15.6 Å². The molecule has 1 amide bonds. The van der Waals surface area contributed by atoms with Crippen LogP contribution in [0, 0.1) is 29.4 Å². The largest absolute Gasteiger partial charge is 0.361 e. The molecule has 4 bridgehead atoms. The van der Waals surface area contributed by atoms with Crippen LogP contribution in [0.2, 0.25) is 0 Å². The van der Waals surface area contributed by atoms with Crippen LogP contribution in [-0.2, 0) is 0 Å². The van der Waals surface area contributed by atoms with Crippen molar-refractivity contribution in [2.45, 2.75) is 55.8 Å². The average molecular weight is 573 g/mol. The van der Waals surface area contributed by atoms with Gasteiger partial charge in [-0.05, 0) is 74.1 Å². The van der Waals surface area contributed by atoms with Crippen LogP contribution in [0.4, 0.5) is 23.4 Å². The topological polar surface area (TPSA) is 108 Å². The molecule has 4 saturated carbocycles. The predicted octanol–water partition coefficient (Wildman–Crippen LogP) is 3.50. The van der Waals surface area contributed by atoms with Gasteiger partial charge in [0.15, 0.2) is 5.65 Å². The van der Waals surface area contributed by atoms with Crippen LogP contribution in [0.1, 0.15) is 48.9 Å². The van der Waals surface area contributed by atoms with E-state index in [1.165, 1.54) is 25.0 Å². The number of fused-ring (bicyclic) bond motifs is 1. The SMILES string of the molecule is O=C(NC12CC3CC(C1)C(C3)C2)c1cn(-c2ccc(F)cc2F)c2nc(N3CCC(O)(O)C(F)(F)C3)ccc2c1=O. The van der Waals surface area contributed by atoms with E-state index in [1.54, 1.807) is 0 Å². The van der Waals surface area contributed by atoms with Crippen molar-refractivity contribution in [3.63, 3.8) is 0 Å². The predicted molar refractivity (Wildman–Crippen MR) is 140 cm³/mol. The minimum atomic E-state index is -3.87. The molecule has 1 aromatic carbocycles. The molecule has 216 valence electrons. The standard InChI is InChI=1S/C29H28F4N4O4/c30-18-1-3-22(21(31)9-18)37-13-20(26(39)35-27-10-15-7-16(11-27)17(8-15)12-27)24(38)19-2-4-23(34-25(19)37)36-6-5-29(40,41)28(32,33)14-36/h1-4,9,13,15-17,40-41H,5-8,10-12,14H2,(H,35,39). The number of halogens is 4. The Morgan fingerprint density at radius 3 is 2.44 bits per heavy atom. The molecule has 4 aliphatic carbocycles. The summed E-state index contributed by atoms with van der Waals surface area (Å²) >= 11 is 0. The Morgan fingerprint density at radius 1 is 1.05 bits per heavy atom. The number of anilines is 1. The maximum atomic E-state index is 15.0. The fourth-order valence-corrected chi connectivity index (χ4v) is 7.78. The Hall–Kier alpha value is -3.51. The molecule has 2 unspecified atom stereocenters. The Morgan fingerprint density at radius 2 is 1.78 bits per heavy atom. The molecule has 12 heteroatoms. The summed E-state index contributed by atoms with van der Waals surface area (Å²) in [6, 6.07) is 5.46. The third-order valence-electron chi connectivity index (χ3n) is 9.58. The molecular weight excluding hydrogens is 544 g/mol. The lowest BCUT2D eigenvalue weighted by Gasteiger charge is -2.41. The van der Waals surface area contributed by atoms with Crippen LogP contribution >= 0.6 is 0 Å². The summed E-state index contributed by atoms with van der Waals surface area (Å²) in [6.45, 7) is -1.24. The smallest absolute Gasteiger partial charge is 0.317 e. The van der Waals surface area contributed by atoms with Gasteiger partial charge in [-0.2, -0.15) is 8.78 Å². The summed E-state index contributed by atoms with van der Waals surface area (Å²) in [5, 5.41) is 22.4. The maximum absolute atomic E-state index is 15.0. The number of carbonyl (C=O) groups is 1. The Bertz CT molecular complexity index is 1640. The van der Waals surface area contributed by atoms with E-state index in [0.717, 1.165) is 47.1 Å². The highest BCUT2D eigenvalue weighted by Crippen LogP contribution is 2.60. The first-order valence-electron chi connectivity index (χ1n) is 13.8. The minimum absolute atomic E-state index is 0.0159. The molecule has 5 fully saturated rings. The number of hydrogen-bond acceptors (Lipinski definition) is 6. The van der Waals surface area contributed by atoms with Crippen molar-refractivity contribution in [3.05, 3.63) is 63.9 Å². The number of alkyl halides is 2. The second kappa shape index (κ2) is 8.75. The summed E-state index contributed by atoms with van der Waals surface area (Å²) in [5.74, 6) is -7.76. The van der Waals surface area contributed by atoms with Crippen molar-refractivity contribution < 1.29 is 32.6 Å². The summed E-state index contributed by atoms with van der Waals surface area (Å²) in [4.78, 5) is 32.7. The summed E-state index contributed by atoms with van der Waals surface area (Å²) in [5.41, 5.74) is -1.59. The zero-order chi connectivity index (χ0) is 28.9. The fraction of sp³-hybridized carbons (Fsp3) is 0.483. The number of nitrogens with zero attached hydrogens (tertiary/aromatic N) is 3. The monoisotopic (exact) mass is 572 g/mol. The number of hydrogen-bond donors (Lipinski definition) is 3. The van der Waals surface area contributed by atoms with Gasteiger partial charge in [0, 0.05) is 30.8 Å². The number of aromatic nitrogens is 2. The average Bonchev–Trinajstić information content (AvgIpc) is 3.31. The zero-order valence-electron chi connectivity index (χ0n) is 21.9. The summed E-state index contributed by atoms with van der Waals surface area (Å²) < 4.78 is 58.8. The molecule has 0 spiro atoms. The molecule has 3 aromatic rings. The van der Waals surface area contributed by atoms with Crippen molar-refractivity contribution in [1.82, 2.24) is 14.9 Å². The maximum Gasteiger partial charge on any atom is 0.317 e. The second-order valence-corrected chi connectivity index (χ2v) is 12.3. The van der Waals surface area contributed by atoms with E-state index in [-0.39, 0.29) is 40.2 Å². The van der Waals surface area contributed by atoms with Crippen LogP contribution in [0.3, 0.4) is 0 Å². The van der Waals surface area contributed by atoms with Crippen LogP contribution in [-0.4, -0.2) is 56.0 Å². The third-order valence-corrected chi connectivity index (χ3v) is 9.58. The van der Waals surface area contributed by atoms with E-state index in [9.17, 15) is 33.0 Å². The van der Waals surface area contributed by atoms with E-state index in [1.807, 2.05) is 0 Å². The van der Waals surface area contributed by atoms with Gasteiger partial charge in [0.2, 0.25) is 11.2 Å². The van der Waals surface area contributed by atoms with Crippen LogP contribution in [0.15, 0.2) is 41.3 Å². The van der Waals surface area contributed by atoms with Crippen molar-refractivity contribution >= 4 is 22.8 Å². The Kier molecular flexibility index (Phi) is 5.63. The first-order valence-corrected chi connectivity index (χ1v) is 13.8. The number of amides is 1. The van der Waals surface area contributed by atoms with Crippen LogP contribution in [0.25, 0.3) is 16.7 Å². The summed E-state index contributed by atoms with van der Waals surface area (Å²) in [7, 11) is 0. The molecule has 41 heavy (non-hydrogen) atoms. The molecule has 5 aliphatic rings. The van der Waals surface area contributed by atoms with Crippen molar-refractivity contribution in [1.29, 1.82) is 0 Å². The molecule has 8 rings (SSSR count). The molecule has 3 heterocycles. The zero-order valence-corrected chi connectivity index (χ0v) is 21.9. The lowest BCUT2D eigenvalue weighted by atomic mass is 9.75. The molecule has 2 aromatic heterocycles. The number of rotatable bonds is 4. The number of carbonyl (C=O) groups excluding carboxylic acids is 1. The molecule has 0 radical (unpaired) electrons. The molecule has 8 nitrogen and oxygen atoms in total. The van der Waals surface area contributed by atoms with Gasteiger partial charge in [-0.1, -0.05) is 0 Å². The number of piperidine rings is 1. The minimum Gasteiger partial charge on any atom is -0.361 e. The number of pyridine rings is 2. The van der Waals surface area contributed by atoms with Gasteiger partial charge in [-0.3, -0.25) is 14.2 Å². The Labute approximate surface area is 231 Å². The quantitative estimate of drug-likeness (QED) is 0.327. The molecular formula is C29H28F4N4O4.